The standard InChI is InChI=1S/C48H80O17/c1-22(20-60-41-37(57)34(54)32(52)27(18-49)62-41)8-9-26(51)23(2)25-12-14-46(7)30-11-10-29-44(4,5)31(13-15-47(29)21-48(30,47)17-16-45(25,46)6)64-42-39(59)36(56)40(24(3)61-42)65-43-38(58)35(55)33(53)28(19-50)63-43/h8,23-43,49-59H,9-21H2,1-7H3. The predicted octanol–water partition coefficient (Wildman–Crippen LogP) is 0.612. The molecule has 8 fully saturated rings. The molecule has 8 aliphatic rings. The van der Waals surface area contributed by atoms with E-state index in [0.29, 0.717) is 24.2 Å². The van der Waals surface area contributed by atoms with E-state index in [4.69, 9.17) is 28.4 Å². The van der Waals surface area contributed by atoms with Crippen molar-refractivity contribution in [3.05, 3.63) is 11.6 Å². The van der Waals surface area contributed by atoms with Gasteiger partial charge < -0.3 is 84.6 Å². The van der Waals surface area contributed by atoms with E-state index < -0.39 is 111 Å². The number of fused-ring (bicyclic) bond motifs is 2. The van der Waals surface area contributed by atoms with Crippen molar-refractivity contribution in [2.24, 2.45) is 50.7 Å². The van der Waals surface area contributed by atoms with Crippen LogP contribution in [0.3, 0.4) is 0 Å². The van der Waals surface area contributed by atoms with Gasteiger partial charge in [0.2, 0.25) is 0 Å². The number of ether oxygens (including phenoxy) is 6. The molecule has 5 aliphatic carbocycles. The zero-order valence-electron chi connectivity index (χ0n) is 39.3. The summed E-state index contributed by atoms with van der Waals surface area (Å²) in [6, 6.07) is 0. The van der Waals surface area contributed by atoms with Gasteiger partial charge in [0.15, 0.2) is 18.9 Å². The lowest BCUT2D eigenvalue weighted by Crippen LogP contribution is -2.64. The molecule has 0 amide bonds. The lowest BCUT2D eigenvalue weighted by molar-refractivity contribution is -0.363. The Morgan fingerprint density at radius 3 is 1.86 bits per heavy atom. The molecule has 25 unspecified atom stereocenters. The highest BCUT2D eigenvalue weighted by molar-refractivity contribution is 5.31. The van der Waals surface area contributed by atoms with Gasteiger partial charge in [-0.05, 0) is 129 Å². The maximum atomic E-state index is 11.7. The summed E-state index contributed by atoms with van der Waals surface area (Å²) < 4.78 is 35.4. The van der Waals surface area contributed by atoms with Crippen molar-refractivity contribution in [3.63, 3.8) is 0 Å². The van der Waals surface area contributed by atoms with Crippen LogP contribution in [0.15, 0.2) is 11.6 Å². The molecule has 0 aromatic carbocycles. The van der Waals surface area contributed by atoms with Crippen LogP contribution in [0.4, 0.5) is 0 Å². The Hall–Kier alpha value is -0.940. The van der Waals surface area contributed by atoms with Gasteiger partial charge in [-0.3, -0.25) is 0 Å². The van der Waals surface area contributed by atoms with Crippen LogP contribution in [0.1, 0.15) is 113 Å². The molecule has 17 nitrogen and oxygen atoms in total. The highest BCUT2D eigenvalue weighted by Gasteiger charge is 2.82. The van der Waals surface area contributed by atoms with Gasteiger partial charge in [0, 0.05) is 0 Å². The quantitative estimate of drug-likeness (QED) is 0.0892. The zero-order chi connectivity index (χ0) is 47.3. The fourth-order valence-corrected chi connectivity index (χ4v) is 15.5. The van der Waals surface area contributed by atoms with Crippen molar-refractivity contribution in [1.29, 1.82) is 0 Å². The third-order valence-corrected chi connectivity index (χ3v) is 19.6. The number of rotatable bonds is 13. The van der Waals surface area contributed by atoms with Crippen LogP contribution in [0.5, 0.6) is 0 Å². The Labute approximate surface area is 383 Å². The van der Waals surface area contributed by atoms with E-state index in [0.717, 1.165) is 50.5 Å². The molecule has 65 heavy (non-hydrogen) atoms. The summed E-state index contributed by atoms with van der Waals surface area (Å²) in [7, 11) is 0. The summed E-state index contributed by atoms with van der Waals surface area (Å²) in [5, 5.41) is 115. The monoisotopic (exact) mass is 929 g/mol. The van der Waals surface area contributed by atoms with E-state index in [1.54, 1.807) is 6.92 Å². The molecule has 25 atom stereocenters. The second kappa shape index (κ2) is 18.3. The molecule has 8 rings (SSSR count). The molecule has 0 radical (unpaired) electrons. The maximum absolute atomic E-state index is 11.7. The molecule has 0 aromatic rings. The molecule has 3 aliphatic heterocycles. The summed E-state index contributed by atoms with van der Waals surface area (Å²) in [4.78, 5) is 0. The second-order valence-corrected chi connectivity index (χ2v) is 22.8. The lowest BCUT2D eigenvalue weighted by Gasteiger charge is -2.63. The van der Waals surface area contributed by atoms with Crippen LogP contribution >= 0.6 is 0 Å². The first-order chi connectivity index (χ1) is 30.5. The van der Waals surface area contributed by atoms with Crippen molar-refractivity contribution in [3.8, 4) is 0 Å². The first-order valence-electron chi connectivity index (χ1n) is 24.4. The Bertz CT molecular complexity index is 1700. The molecule has 2 spiro atoms. The molecule has 11 N–H and O–H groups in total. The van der Waals surface area contributed by atoms with Gasteiger partial charge in [0.25, 0.3) is 0 Å². The molecular formula is C48H80O17. The molecule has 3 saturated heterocycles. The average molecular weight is 929 g/mol. The number of aliphatic hydroxyl groups is 11. The molecule has 0 bridgehead atoms. The van der Waals surface area contributed by atoms with E-state index in [1.165, 1.54) is 12.8 Å². The van der Waals surface area contributed by atoms with E-state index in [1.807, 2.05) is 13.0 Å². The number of aliphatic hydroxyl groups excluding tert-OH is 11. The summed E-state index contributed by atoms with van der Waals surface area (Å²) in [5.41, 5.74) is 1.23. The molecule has 17 heteroatoms. The molecule has 5 saturated carbocycles. The normalized spacial score (nSPS) is 53.9. The van der Waals surface area contributed by atoms with Gasteiger partial charge >= 0.3 is 0 Å². The van der Waals surface area contributed by atoms with Gasteiger partial charge in [-0.1, -0.05) is 46.3 Å². The first-order valence-corrected chi connectivity index (χ1v) is 24.4. The van der Waals surface area contributed by atoms with Crippen molar-refractivity contribution in [2.45, 2.75) is 217 Å². The van der Waals surface area contributed by atoms with Crippen LogP contribution in [0.2, 0.25) is 0 Å². The van der Waals surface area contributed by atoms with Crippen molar-refractivity contribution < 1.29 is 84.6 Å². The predicted molar refractivity (Wildman–Crippen MR) is 230 cm³/mol. The summed E-state index contributed by atoms with van der Waals surface area (Å²) >= 11 is 0. The topological polar surface area (TPSA) is 278 Å². The van der Waals surface area contributed by atoms with Crippen LogP contribution in [-0.4, -0.2) is 180 Å². The van der Waals surface area contributed by atoms with Crippen LogP contribution in [0.25, 0.3) is 0 Å². The van der Waals surface area contributed by atoms with Crippen LogP contribution in [-0.2, 0) is 28.4 Å². The minimum absolute atomic E-state index is 0.0653. The molecular weight excluding hydrogens is 849 g/mol. The van der Waals surface area contributed by atoms with Crippen molar-refractivity contribution in [2.75, 3.05) is 19.8 Å². The molecule has 374 valence electrons. The Balaban J connectivity index is 0.875. The third kappa shape index (κ3) is 8.03. The Kier molecular flexibility index (Phi) is 14.2. The van der Waals surface area contributed by atoms with E-state index in [9.17, 15) is 56.2 Å². The van der Waals surface area contributed by atoms with Gasteiger partial charge in [-0.25, -0.2) is 0 Å². The third-order valence-electron chi connectivity index (χ3n) is 19.6. The number of hydrogen-bond acceptors (Lipinski definition) is 17. The van der Waals surface area contributed by atoms with Gasteiger partial charge in [-0.15, -0.1) is 0 Å². The molecule has 0 aromatic heterocycles. The smallest absolute Gasteiger partial charge is 0.187 e. The largest absolute Gasteiger partial charge is 0.394 e. The van der Waals surface area contributed by atoms with Crippen LogP contribution in [0, 0.1) is 50.7 Å². The van der Waals surface area contributed by atoms with Gasteiger partial charge in [0.1, 0.15) is 67.1 Å². The minimum atomic E-state index is -1.67. The Morgan fingerprint density at radius 1 is 0.646 bits per heavy atom. The van der Waals surface area contributed by atoms with Gasteiger partial charge in [-0.2, -0.15) is 0 Å². The first kappa shape index (κ1) is 50.4. The van der Waals surface area contributed by atoms with Crippen molar-refractivity contribution >= 4 is 0 Å². The second-order valence-electron chi connectivity index (χ2n) is 22.8. The number of hydrogen-bond donors (Lipinski definition) is 11. The average Bonchev–Trinajstić information content (AvgIpc) is 3.86. The van der Waals surface area contributed by atoms with Gasteiger partial charge in [0.05, 0.1) is 38.1 Å². The summed E-state index contributed by atoms with van der Waals surface area (Å²) in [6.07, 6.45) is -9.04. The molecule has 3 heterocycles. The highest BCUT2D eigenvalue weighted by atomic mass is 16.7. The minimum Gasteiger partial charge on any atom is -0.394 e. The Morgan fingerprint density at radius 2 is 1.22 bits per heavy atom. The van der Waals surface area contributed by atoms with E-state index in [2.05, 4.69) is 34.6 Å². The van der Waals surface area contributed by atoms with Crippen LogP contribution < -0.4 is 0 Å². The van der Waals surface area contributed by atoms with E-state index in [-0.39, 0.29) is 45.7 Å². The highest BCUT2D eigenvalue weighted by Crippen LogP contribution is 2.89. The summed E-state index contributed by atoms with van der Waals surface area (Å²) in [5.74, 6) is 1.40. The summed E-state index contributed by atoms with van der Waals surface area (Å²) in [6.45, 7) is 14.3. The van der Waals surface area contributed by atoms with E-state index >= 15 is 0 Å². The zero-order valence-corrected chi connectivity index (χ0v) is 39.3. The fourth-order valence-electron chi connectivity index (χ4n) is 15.5. The van der Waals surface area contributed by atoms with Crippen molar-refractivity contribution in [1.82, 2.24) is 0 Å². The fraction of sp³-hybridized carbons (Fsp3) is 0.958. The maximum Gasteiger partial charge on any atom is 0.187 e. The lowest BCUT2D eigenvalue weighted by atomic mass is 9.41. The SMILES string of the molecule is CC(=CCC(O)C(C)C1CCC2(C)C3CCC4C(C)(C)C(OC5OC(C)C(OC6OC(CO)C(O)C(O)C6O)C(O)C5O)CCC45CC35CCC12C)COC1OC(CO)C(O)C(O)C1O.